The molecule has 2 aromatic rings. The Bertz CT molecular complexity index is 1620. The predicted octanol–water partition coefficient (Wildman–Crippen LogP) is 4.68. The molecule has 4 amide bonds. The zero-order valence-corrected chi connectivity index (χ0v) is 25.7. The van der Waals surface area contributed by atoms with Crippen molar-refractivity contribution in [3.63, 3.8) is 0 Å². The molecule has 4 heterocycles. The number of halogens is 2. The van der Waals surface area contributed by atoms with Crippen LogP contribution in [0.5, 0.6) is 0 Å². The Hall–Kier alpha value is -3.92. The maximum absolute atomic E-state index is 16.0. The van der Waals surface area contributed by atoms with Crippen LogP contribution in [0.3, 0.4) is 0 Å². The van der Waals surface area contributed by atoms with Crippen LogP contribution >= 0.6 is 0 Å². The number of benzene rings is 2. The average Bonchev–Trinajstić information content (AvgIpc) is 3.47. The first-order valence-electron chi connectivity index (χ1n) is 16.0. The third kappa shape index (κ3) is 5.37. The van der Waals surface area contributed by atoms with E-state index in [0.717, 1.165) is 44.2 Å². The van der Waals surface area contributed by atoms with Crippen molar-refractivity contribution < 1.29 is 28.0 Å². The Kier molecular flexibility index (Phi) is 7.38. The molecule has 236 valence electrons. The fourth-order valence-electron chi connectivity index (χ4n) is 8.09. The Morgan fingerprint density at radius 1 is 0.956 bits per heavy atom. The zero-order chi connectivity index (χ0) is 31.6. The molecule has 5 aliphatic rings. The van der Waals surface area contributed by atoms with Gasteiger partial charge in [0.1, 0.15) is 17.7 Å². The number of piperazine rings is 1. The highest BCUT2D eigenvalue weighted by atomic mass is 19.1. The van der Waals surface area contributed by atoms with Crippen LogP contribution in [-0.4, -0.2) is 76.1 Å². The number of carbonyl (C=O) groups excluding carboxylic acids is 4. The van der Waals surface area contributed by atoms with Crippen molar-refractivity contribution in [1.82, 2.24) is 20.0 Å². The highest BCUT2D eigenvalue weighted by Gasteiger charge is 2.45. The molecule has 8 nitrogen and oxygen atoms in total. The number of carbonyl (C=O) groups is 4. The topological polar surface area (TPSA) is 90.0 Å². The van der Waals surface area contributed by atoms with Crippen LogP contribution < -0.4 is 5.32 Å². The fourth-order valence-corrected chi connectivity index (χ4v) is 8.09. The molecule has 4 aliphatic heterocycles. The number of nitrogens with one attached hydrogen (secondary N) is 1. The molecular formula is C35H38F2N4O4. The molecule has 45 heavy (non-hydrogen) atoms. The molecule has 1 N–H and O–H groups in total. The van der Waals surface area contributed by atoms with Crippen molar-refractivity contribution in [2.75, 3.05) is 19.6 Å². The second-order valence-electron chi connectivity index (χ2n) is 14.1. The minimum absolute atomic E-state index is 0.0413. The van der Waals surface area contributed by atoms with Crippen LogP contribution in [0.25, 0.3) is 5.57 Å². The Morgan fingerprint density at radius 2 is 1.67 bits per heavy atom. The lowest BCUT2D eigenvalue weighted by Crippen LogP contribution is -2.56. The molecule has 3 fully saturated rings. The maximum Gasteiger partial charge on any atom is 0.257 e. The highest BCUT2D eigenvalue weighted by Crippen LogP contribution is 2.44. The number of imide groups is 1. The van der Waals surface area contributed by atoms with Crippen molar-refractivity contribution in [2.24, 2.45) is 5.41 Å². The third-order valence-corrected chi connectivity index (χ3v) is 10.5. The van der Waals surface area contributed by atoms with Crippen molar-refractivity contribution in [3.05, 3.63) is 75.9 Å². The number of fused-ring (bicyclic) bond motifs is 3. The SMILES string of the molecule is CC1(C)CCC(CN2CC3CCC(C2)N3C(=O)c2ccc3c(c2F)CN(C2CCC(=O)NC2=O)C3=O)=C(c2ccc(F)cc2)C1. The van der Waals surface area contributed by atoms with Gasteiger partial charge in [0.15, 0.2) is 0 Å². The molecule has 3 unspecified atom stereocenters. The van der Waals surface area contributed by atoms with E-state index in [1.165, 1.54) is 40.3 Å². The first kappa shape index (κ1) is 29.8. The van der Waals surface area contributed by atoms with Gasteiger partial charge >= 0.3 is 0 Å². The summed E-state index contributed by atoms with van der Waals surface area (Å²) < 4.78 is 29.7. The molecule has 1 aliphatic carbocycles. The minimum atomic E-state index is -0.848. The molecule has 3 saturated heterocycles. The van der Waals surface area contributed by atoms with Gasteiger partial charge in [0.2, 0.25) is 11.8 Å². The highest BCUT2D eigenvalue weighted by molar-refractivity contribution is 6.06. The van der Waals surface area contributed by atoms with Crippen molar-refractivity contribution >= 4 is 29.2 Å². The lowest BCUT2D eigenvalue weighted by atomic mass is 9.72. The van der Waals surface area contributed by atoms with E-state index in [-0.39, 0.29) is 71.2 Å². The fraction of sp³-hybridized carbons (Fsp3) is 0.486. The number of amides is 4. The van der Waals surface area contributed by atoms with E-state index in [1.54, 1.807) is 0 Å². The second-order valence-corrected chi connectivity index (χ2v) is 14.1. The summed E-state index contributed by atoms with van der Waals surface area (Å²) in [4.78, 5) is 56.6. The molecule has 0 aromatic heterocycles. The van der Waals surface area contributed by atoms with Crippen LogP contribution in [-0.2, 0) is 16.1 Å². The van der Waals surface area contributed by atoms with Gasteiger partial charge in [0, 0.05) is 49.3 Å². The van der Waals surface area contributed by atoms with E-state index in [1.807, 2.05) is 17.0 Å². The van der Waals surface area contributed by atoms with Crippen molar-refractivity contribution in [3.8, 4) is 0 Å². The first-order chi connectivity index (χ1) is 21.5. The van der Waals surface area contributed by atoms with Crippen LogP contribution in [0, 0.1) is 17.0 Å². The predicted molar refractivity (Wildman–Crippen MR) is 163 cm³/mol. The van der Waals surface area contributed by atoms with Gasteiger partial charge in [-0.1, -0.05) is 31.6 Å². The number of allylic oxidation sites excluding steroid dienone is 1. The largest absolute Gasteiger partial charge is 0.330 e. The van der Waals surface area contributed by atoms with Crippen molar-refractivity contribution in [2.45, 2.75) is 83.5 Å². The molecule has 0 spiro atoms. The van der Waals surface area contributed by atoms with E-state index in [2.05, 4.69) is 24.1 Å². The van der Waals surface area contributed by atoms with E-state index in [4.69, 9.17) is 0 Å². The van der Waals surface area contributed by atoms with E-state index < -0.39 is 23.7 Å². The smallest absolute Gasteiger partial charge is 0.257 e. The van der Waals surface area contributed by atoms with E-state index >= 15 is 4.39 Å². The molecule has 2 bridgehead atoms. The van der Waals surface area contributed by atoms with Gasteiger partial charge in [-0.25, -0.2) is 8.78 Å². The third-order valence-electron chi connectivity index (χ3n) is 10.5. The number of nitrogens with zero attached hydrogens (tertiary/aromatic N) is 3. The number of rotatable bonds is 5. The second kappa shape index (κ2) is 11.2. The van der Waals surface area contributed by atoms with Gasteiger partial charge < -0.3 is 9.80 Å². The van der Waals surface area contributed by atoms with Gasteiger partial charge in [-0.3, -0.25) is 29.4 Å². The summed E-state index contributed by atoms with van der Waals surface area (Å²) in [6, 6.07) is 8.74. The summed E-state index contributed by atoms with van der Waals surface area (Å²) in [6.45, 7) is 6.62. The van der Waals surface area contributed by atoms with Crippen LogP contribution in [0.1, 0.15) is 90.6 Å². The van der Waals surface area contributed by atoms with Gasteiger partial charge in [-0.15, -0.1) is 0 Å². The zero-order valence-electron chi connectivity index (χ0n) is 25.7. The summed E-state index contributed by atoms with van der Waals surface area (Å²) in [7, 11) is 0. The summed E-state index contributed by atoms with van der Waals surface area (Å²) >= 11 is 0. The van der Waals surface area contributed by atoms with Gasteiger partial charge in [-0.2, -0.15) is 0 Å². The molecular weight excluding hydrogens is 578 g/mol. The molecule has 10 heteroatoms. The summed E-state index contributed by atoms with van der Waals surface area (Å²) in [5.41, 5.74) is 4.13. The summed E-state index contributed by atoms with van der Waals surface area (Å²) in [5, 5.41) is 2.26. The molecule has 7 rings (SSSR count). The maximum atomic E-state index is 16.0. The minimum Gasteiger partial charge on any atom is -0.330 e. The van der Waals surface area contributed by atoms with Gasteiger partial charge in [0.25, 0.3) is 11.8 Å². The number of likely N-dealkylation sites (tertiary alicyclic amines) is 1. The normalized spacial score (nSPS) is 26.4. The number of piperidine rings is 1. The molecule has 2 aromatic carbocycles. The Labute approximate surface area is 261 Å². The summed E-state index contributed by atoms with van der Waals surface area (Å²) in [5.74, 6) is -2.72. The Balaban J connectivity index is 1.08. The van der Waals surface area contributed by atoms with Crippen LogP contribution in [0.15, 0.2) is 42.0 Å². The number of hydrogen-bond donors (Lipinski definition) is 1. The van der Waals surface area contributed by atoms with E-state index in [0.29, 0.717) is 13.1 Å². The molecule has 0 saturated carbocycles. The molecule has 3 atom stereocenters. The van der Waals surface area contributed by atoms with Crippen LogP contribution in [0.4, 0.5) is 8.78 Å². The quantitative estimate of drug-likeness (QED) is 0.493. The standard InChI is InChI=1S/C35H38F2N4O4/c1-35(2)14-13-21(27(15-35)20-3-5-22(36)6-4-20)16-39-17-23-7-8-24(18-39)41(23)34(45)26-10-9-25-28(31(26)37)19-40(33(25)44)29-11-12-30(42)38-32(29)43/h3-6,9-10,23-24,29H,7-8,11-19H2,1-2H3,(H,38,42,43). The monoisotopic (exact) mass is 616 g/mol. The molecule has 0 radical (unpaired) electrons. The van der Waals surface area contributed by atoms with E-state index in [9.17, 15) is 23.6 Å². The van der Waals surface area contributed by atoms with Crippen LogP contribution in [0.2, 0.25) is 0 Å². The van der Waals surface area contributed by atoms with Gasteiger partial charge in [-0.05, 0) is 79.3 Å². The first-order valence-corrected chi connectivity index (χ1v) is 16.0. The Morgan fingerprint density at radius 3 is 2.36 bits per heavy atom. The summed E-state index contributed by atoms with van der Waals surface area (Å²) in [6.07, 6.45) is 4.98. The number of hydrogen-bond acceptors (Lipinski definition) is 5. The van der Waals surface area contributed by atoms with Crippen molar-refractivity contribution in [1.29, 1.82) is 0 Å². The van der Waals surface area contributed by atoms with Gasteiger partial charge in [0.05, 0.1) is 12.1 Å². The lowest BCUT2D eigenvalue weighted by molar-refractivity contribution is -0.136. The lowest BCUT2D eigenvalue weighted by Gasteiger charge is -2.43. The average molecular weight is 617 g/mol.